The Morgan fingerprint density at radius 3 is 2.35 bits per heavy atom. The molecule has 0 aliphatic heterocycles. The number of anilines is 1. The molecule has 1 rings (SSSR count). The van der Waals surface area contributed by atoms with Gasteiger partial charge in [-0.15, -0.1) is 0 Å². The average Bonchev–Trinajstić information content (AvgIpc) is 2.41. The SMILES string of the molecule is CCC(C(=O)O)N(C)C(=O)N(CC)c1ccccc1F. The van der Waals surface area contributed by atoms with Gasteiger partial charge in [-0.1, -0.05) is 19.1 Å². The molecule has 0 spiro atoms. The second kappa shape index (κ2) is 6.88. The normalized spacial score (nSPS) is 11.8. The number of halogens is 1. The van der Waals surface area contributed by atoms with E-state index in [0.29, 0.717) is 0 Å². The Morgan fingerprint density at radius 2 is 1.90 bits per heavy atom. The Morgan fingerprint density at radius 1 is 1.30 bits per heavy atom. The minimum absolute atomic E-state index is 0.145. The van der Waals surface area contributed by atoms with Gasteiger partial charge < -0.3 is 10.0 Å². The van der Waals surface area contributed by atoms with Crippen LogP contribution in [0.2, 0.25) is 0 Å². The van der Waals surface area contributed by atoms with Crippen molar-refractivity contribution in [3.8, 4) is 0 Å². The number of aliphatic carboxylic acids is 1. The maximum absolute atomic E-state index is 13.8. The number of amides is 2. The second-order valence-corrected chi connectivity index (χ2v) is 4.35. The predicted molar refractivity (Wildman–Crippen MR) is 74.3 cm³/mol. The van der Waals surface area contributed by atoms with Crippen molar-refractivity contribution in [1.82, 2.24) is 4.90 Å². The highest BCUT2D eigenvalue weighted by Crippen LogP contribution is 2.20. The molecule has 5 nitrogen and oxygen atoms in total. The molecule has 0 heterocycles. The topological polar surface area (TPSA) is 60.9 Å². The minimum Gasteiger partial charge on any atom is -0.480 e. The van der Waals surface area contributed by atoms with Crippen molar-refractivity contribution in [2.75, 3.05) is 18.5 Å². The highest BCUT2D eigenvalue weighted by Gasteiger charge is 2.29. The molecule has 20 heavy (non-hydrogen) atoms. The number of hydrogen-bond acceptors (Lipinski definition) is 2. The summed E-state index contributed by atoms with van der Waals surface area (Å²) in [6.45, 7) is 3.64. The summed E-state index contributed by atoms with van der Waals surface area (Å²) in [5.41, 5.74) is 0.145. The van der Waals surface area contributed by atoms with E-state index < -0.39 is 23.9 Å². The molecule has 2 amide bonds. The third kappa shape index (κ3) is 3.26. The highest BCUT2D eigenvalue weighted by atomic mass is 19.1. The van der Waals surface area contributed by atoms with Crippen molar-refractivity contribution in [3.63, 3.8) is 0 Å². The van der Waals surface area contributed by atoms with E-state index in [9.17, 15) is 14.0 Å². The Balaban J connectivity index is 3.04. The molecule has 1 aromatic carbocycles. The standard InChI is InChI=1S/C14H19FN2O3/c1-4-11(13(18)19)16(3)14(20)17(5-2)12-9-7-6-8-10(12)15/h6-9,11H,4-5H2,1-3H3,(H,18,19). The fourth-order valence-electron chi connectivity index (χ4n) is 2.02. The van der Waals surface area contributed by atoms with Gasteiger partial charge in [0.2, 0.25) is 0 Å². The van der Waals surface area contributed by atoms with Crippen molar-refractivity contribution in [2.45, 2.75) is 26.3 Å². The number of benzene rings is 1. The summed E-state index contributed by atoms with van der Waals surface area (Å²) in [6.07, 6.45) is 0.284. The summed E-state index contributed by atoms with van der Waals surface area (Å²) in [5.74, 6) is -1.59. The molecule has 6 heteroatoms. The first kappa shape index (κ1) is 15.9. The number of hydrogen-bond donors (Lipinski definition) is 1. The van der Waals surface area contributed by atoms with Gasteiger partial charge in [-0.05, 0) is 25.5 Å². The fourth-order valence-corrected chi connectivity index (χ4v) is 2.02. The van der Waals surface area contributed by atoms with E-state index in [1.54, 1.807) is 19.9 Å². The van der Waals surface area contributed by atoms with E-state index in [0.717, 1.165) is 4.90 Å². The lowest BCUT2D eigenvalue weighted by Gasteiger charge is -2.30. The molecular weight excluding hydrogens is 263 g/mol. The molecule has 0 saturated heterocycles. The number of carbonyl (C=O) groups is 2. The van der Waals surface area contributed by atoms with Gasteiger partial charge in [0.1, 0.15) is 11.9 Å². The van der Waals surface area contributed by atoms with Gasteiger partial charge in [0, 0.05) is 13.6 Å². The zero-order chi connectivity index (χ0) is 15.3. The van der Waals surface area contributed by atoms with Crippen LogP contribution in [0.15, 0.2) is 24.3 Å². The Kier molecular flexibility index (Phi) is 5.49. The molecular formula is C14H19FN2O3. The molecule has 0 aliphatic rings. The number of rotatable bonds is 5. The second-order valence-electron chi connectivity index (χ2n) is 4.35. The molecule has 1 N–H and O–H groups in total. The van der Waals surface area contributed by atoms with Gasteiger partial charge in [0.05, 0.1) is 5.69 Å². The Bertz CT molecular complexity index is 493. The molecule has 0 bridgehead atoms. The smallest absolute Gasteiger partial charge is 0.326 e. The predicted octanol–water partition coefficient (Wildman–Crippen LogP) is 2.57. The summed E-state index contributed by atoms with van der Waals surface area (Å²) in [5, 5.41) is 9.09. The van der Waals surface area contributed by atoms with Gasteiger partial charge in [-0.2, -0.15) is 0 Å². The van der Waals surface area contributed by atoms with Crippen LogP contribution >= 0.6 is 0 Å². The van der Waals surface area contributed by atoms with Gasteiger partial charge in [0.25, 0.3) is 0 Å². The molecule has 0 saturated carbocycles. The number of likely N-dealkylation sites (N-methyl/N-ethyl adjacent to an activating group) is 1. The lowest BCUT2D eigenvalue weighted by molar-refractivity contribution is -0.141. The van der Waals surface area contributed by atoms with Crippen molar-refractivity contribution in [1.29, 1.82) is 0 Å². The van der Waals surface area contributed by atoms with Crippen LogP contribution in [0, 0.1) is 5.82 Å². The molecule has 1 unspecified atom stereocenters. The quantitative estimate of drug-likeness (QED) is 0.903. The lowest BCUT2D eigenvalue weighted by Crippen LogP contribution is -2.49. The average molecular weight is 282 g/mol. The molecule has 1 aromatic rings. The van der Waals surface area contributed by atoms with Crippen LogP contribution in [-0.4, -0.2) is 41.6 Å². The first-order chi connectivity index (χ1) is 9.43. The minimum atomic E-state index is -1.08. The summed E-state index contributed by atoms with van der Waals surface area (Å²) in [6, 6.07) is 4.46. The Labute approximate surface area is 117 Å². The van der Waals surface area contributed by atoms with E-state index in [1.807, 2.05) is 0 Å². The number of nitrogens with zero attached hydrogens (tertiary/aromatic N) is 2. The first-order valence-electron chi connectivity index (χ1n) is 6.45. The number of para-hydroxylation sites is 1. The van der Waals surface area contributed by atoms with Crippen molar-refractivity contribution < 1.29 is 19.1 Å². The molecule has 0 radical (unpaired) electrons. The summed E-state index contributed by atoms with van der Waals surface area (Å²) < 4.78 is 13.8. The maximum atomic E-state index is 13.8. The third-order valence-electron chi connectivity index (χ3n) is 3.13. The van der Waals surface area contributed by atoms with Crippen LogP contribution in [0.5, 0.6) is 0 Å². The van der Waals surface area contributed by atoms with E-state index >= 15 is 0 Å². The fraction of sp³-hybridized carbons (Fsp3) is 0.429. The van der Waals surface area contributed by atoms with E-state index in [4.69, 9.17) is 5.11 Å². The van der Waals surface area contributed by atoms with Crippen LogP contribution in [0.25, 0.3) is 0 Å². The summed E-state index contributed by atoms with van der Waals surface area (Å²) in [4.78, 5) is 25.8. The van der Waals surface area contributed by atoms with Crippen molar-refractivity contribution >= 4 is 17.7 Å². The molecule has 0 aliphatic carbocycles. The largest absolute Gasteiger partial charge is 0.480 e. The van der Waals surface area contributed by atoms with Gasteiger partial charge in [0.15, 0.2) is 0 Å². The number of carboxylic acids is 1. The van der Waals surface area contributed by atoms with Gasteiger partial charge in [-0.25, -0.2) is 14.0 Å². The van der Waals surface area contributed by atoms with E-state index in [-0.39, 0.29) is 18.7 Å². The van der Waals surface area contributed by atoms with Crippen LogP contribution in [0.1, 0.15) is 20.3 Å². The Hall–Kier alpha value is -2.11. The monoisotopic (exact) mass is 282 g/mol. The lowest BCUT2D eigenvalue weighted by atomic mass is 10.2. The number of carbonyl (C=O) groups excluding carboxylic acids is 1. The van der Waals surface area contributed by atoms with Crippen molar-refractivity contribution in [3.05, 3.63) is 30.1 Å². The van der Waals surface area contributed by atoms with Crippen LogP contribution in [-0.2, 0) is 4.79 Å². The molecule has 1 atom stereocenters. The zero-order valence-corrected chi connectivity index (χ0v) is 11.8. The zero-order valence-electron chi connectivity index (χ0n) is 11.8. The van der Waals surface area contributed by atoms with E-state index in [2.05, 4.69) is 0 Å². The van der Waals surface area contributed by atoms with Crippen molar-refractivity contribution in [2.24, 2.45) is 0 Å². The van der Waals surface area contributed by atoms with E-state index in [1.165, 1.54) is 30.1 Å². The maximum Gasteiger partial charge on any atom is 0.326 e. The van der Waals surface area contributed by atoms with Crippen LogP contribution in [0.3, 0.4) is 0 Å². The summed E-state index contributed by atoms with van der Waals surface area (Å²) in [7, 11) is 1.41. The highest BCUT2D eigenvalue weighted by molar-refractivity contribution is 5.94. The van der Waals surface area contributed by atoms with Crippen LogP contribution < -0.4 is 4.90 Å². The van der Waals surface area contributed by atoms with Gasteiger partial charge in [-0.3, -0.25) is 4.90 Å². The number of carboxylic acid groups (broad SMARTS) is 1. The number of urea groups is 1. The molecule has 110 valence electrons. The molecule has 0 fully saturated rings. The molecule has 0 aromatic heterocycles. The first-order valence-corrected chi connectivity index (χ1v) is 6.45. The van der Waals surface area contributed by atoms with Gasteiger partial charge >= 0.3 is 12.0 Å². The third-order valence-corrected chi connectivity index (χ3v) is 3.13. The summed E-state index contributed by atoms with van der Waals surface area (Å²) >= 11 is 0. The van der Waals surface area contributed by atoms with Crippen LogP contribution in [0.4, 0.5) is 14.9 Å².